The molecule has 0 bridgehead atoms. The highest BCUT2D eigenvalue weighted by Gasteiger charge is 2.30. The van der Waals surface area contributed by atoms with Crippen LogP contribution in [0.4, 0.5) is 0 Å². The fourth-order valence-corrected chi connectivity index (χ4v) is 2.57. The lowest BCUT2D eigenvalue weighted by molar-refractivity contribution is 0.000601. The van der Waals surface area contributed by atoms with Gasteiger partial charge in [0.15, 0.2) is 0 Å². The lowest BCUT2D eigenvalue weighted by Gasteiger charge is -2.37. The van der Waals surface area contributed by atoms with Crippen molar-refractivity contribution in [2.24, 2.45) is 17.3 Å². The Hall–Kier alpha value is -0.0800. The van der Waals surface area contributed by atoms with Crippen molar-refractivity contribution in [1.29, 1.82) is 0 Å². The predicted molar refractivity (Wildman–Crippen MR) is 88.2 cm³/mol. The van der Waals surface area contributed by atoms with Crippen LogP contribution < -0.4 is 0 Å². The molecule has 2 fully saturated rings. The van der Waals surface area contributed by atoms with Gasteiger partial charge < -0.3 is 9.47 Å². The summed E-state index contributed by atoms with van der Waals surface area (Å²) in [6.07, 6.45) is 6.39. The summed E-state index contributed by atoms with van der Waals surface area (Å²) in [4.78, 5) is 0. The Balaban J connectivity index is 0.000000327. The summed E-state index contributed by atoms with van der Waals surface area (Å²) < 4.78 is 10.5. The summed E-state index contributed by atoms with van der Waals surface area (Å²) in [6, 6.07) is 0. The Morgan fingerprint density at radius 2 is 1.40 bits per heavy atom. The Labute approximate surface area is 127 Å². The molecule has 0 aliphatic carbocycles. The molecule has 0 aromatic carbocycles. The molecular formula is C18H38O2. The monoisotopic (exact) mass is 286 g/mol. The summed E-state index contributed by atoms with van der Waals surface area (Å²) in [7, 11) is 0. The minimum absolute atomic E-state index is 0.554. The second-order valence-corrected chi connectivity index (χ2v) is 6.39. The average molecular weight is 286 g/mol. The largest absolute Gasteiger partial charge is 0.381 e. The molecule has 2 rings (SSSR count). The molecule has 0 aromatic heterocycles. The van der Waals surface area contributed by atoms with Crippen LogP contribution >= 0.6 is 0 Å². The van der Waals surface area contributed by atoms with Crippen LogP contribution in [-0.4, -0.2) is 26.4 Å². The molecule has 0 spiro atoms. The van der Waals surface area contributed by atoms with E-state index in [9.17, 15) is 0 Å². The smallest absolute Gasteiger partial charge is 0.0471 e. The van der Waals surface area contributed by atoms with Gasteiger partial charge >= 0.3 is 0 Å². The van der Waals surface area contributed by atoms with E-state index in [4.69, 9.17) is 9.47 Å². The maximum atomic E-state index is 5.32. The van der Waals surface area contributed by atoms with Gasteiger partial charge in [-0.3, -0.25) is 0 Å². The molecule has 20 heavy (non-hydrogen) atoms. The molecule has 0 unspecified atom stereocenters. The number of ether oxygens (including phenoxy) is 2. The Morgan fingerprint density at radius 3 is 1.70 bits per heavy atom. The number of rotatable bonds is 2. The van der Waals surface area contributed by atoms with Gasteiger partial charge in [0.05, 0.1) is 0 Å². The fourth-order valence-electron chi connectivity index (χ4n) is 2.57. The van der Waals surface area contributed by atoms with Gasteiger partial charge in [0.1, 0.15) is 0 Å². The first-order valence-corrected chi connectivity index (χ1v) is 8.74. The van der Waals surface area contributed by atoms with Crippen LogP contribution in [0.5, 0.6) is 0 Å². The summed E-state index contributed by atoms with van der Waals surface area (Å²) in [5, 5.41) is 0. The third kappa shape index (κ3) is 7.64. The van der Waals surface area contributed by atoms with E-state index >= 15 is 0 Å². The van der Waals surface area contributed by atoms with E-state index in [0.717, 1.165) is 38.3 Å². The van der Waals surface area contributed by atoms with Crippen molar-refractivity contribution in [3.05, 3.63) is 0 Å². The highest BCUT2D eigenvalue weighted by Crippen LogP contribution is 2.36. The summed E-state index contributed by atoms with van der Waals surface area (Å²) in [6.45, 7) is 17.2. The van der Waals surface area contributed by atoms with E-state index in [1.807, 2.05) is 13.8 Å². The molecule has 2 saturated heterocycles. The van der Waals surface area contributed by atoms with Crippen LogP contribution in [0.1, 0.15) is 73.6 Å². The van der Waals surface area contributed by atoms with Crippen molar-refractivity contribution in [3.8, 4) is 0 Å². The first kappa shape index (κ1) is 19.9. The van der Waals surface area contributed by atoms with Crippen molar-refractivity contribution in [3.63, 3.8) is 0 Å². The SMILES string of the molecule is CC.CC(C)C1(C)CCOCC1.CCC1CCOCC1. The third-order valence-electron chi connectivity index (χ3n) is 4.95. The van der Waals surface area contributed by atoms with Crippen LogP contribution in [0.15, 0.2) is 0 Å². The molecule has 2 heterocycles. The van der Waals surface area contributed by atoms with E-state index in [2.05, 4.69) is 27.7 Å². The lowest BCUT2D eigenvalue weighted by Crippen LogP contribution is -2.31. The maximum Gasteiger partial charge on any atom is 0.0471 e. The molecule has 2 aliphatic heterocycles. The topological polar surface area (TPSA) is 18.5 Å². The predicted octanol–water partition coefficient (Wildman–Crippen LogP) is 5.31. The van der Waals surface area contributed by atoms with Crippen molar-refractivity contribution in [2.75, 3.05) is 26.4 Å². The second-order valence-electron chi connectivity index (χ2n) is 6.39. The quantitative estimate of drug-likeness (QED) is 0.685. The molecule has 0 radical (unpaired) electrons. The molecular weight excluding hydrogens is 248 g/mol. The minimum atomic E-state index is 0.554. The molecule has 0 saturated carbocycles. The van der Waals surface area contributed by atoms with Crippen molar-refractivity contribution in [1.82, 2.24) is 0 Å². The van der Waals surface area contributed by atoms with Gasteiger partial charge in [0.25, 0.3) is 0 Å². The zero-order chi connectivity index (χ0) is 15.4. The van der Waals surface area contributed by atoms with Gasteiger partial charge in [-0.1, -0.05) is 48.0 Å². The zero-order valence-corrected chi connectivity index (χ0v) is 14.8. The summed E-state index contributed by atoms with van der Waals surface area (Å²) >= 11 is 0. The first-order valence-electron chi connectivity index (χ1n) is 8.74. The first-order chi connectivity index (χ1) is 9.58. The van der Waals surface area contributed by atoms with E-state index < -0.39 is 0 Å². The zero-order valence-electron chi connectivity index (χ0n) is 14.8. The highest BCUT2D eigenvalue weighted by molar-refractivity contribution is 4.79. The standard InChI is InChI=1S/C9H18O.C7H14O.C2H6/c1-8(2)9(3)4-6-10-7-5-9;1-2-7-3-5-8-6-4-7;1-2/h8H,4-7H2,1-3H3;7H,2-6H2,1H3;1-2H3. The maximum absolute atomic E-state index is 5.32. The van der Waals surface area contributed by atoms with Crippen LogP contribution in [-0.2, 0) is 9.47 Å². The van der Waals surface area contributed by atoms with Gasteiger partial charge in [-0.05, 0) is 42.9 Å². The van der Waals surface area contributed by atoms with Crippen LogP contribution in [0.3, 0.4) is 0 Å². The van der Waals surface area contributed by atoms with Crippen molar-refractivity contribution >= 4 is 0 Å². The van der Waals surface area contributed by atoms with E-state index in [1.54, 1.807) is 0 Å². The van der Waals surface area contributed by atoms with Gasteiger partial charge in [0.2, 0.25) is 0 Å². The molecule has 2 aliphatic rings. The molecule has 0 N–H and O–H groups in total. The summed E-state index contributed by atoms with van der Waals surface area (Å²) in [5.74, 6) is 1.76. The molecule has 2 nitrogen and oxygen atoms in total. The fraction of sp³-hybridized carbons (Fsp3) is 1.00. The van der Waals surface area contributed by atoms with E-state index in [0.29, 0.717) is 5.41 Å². The second kappa shape index (κ2) is 11.6. The average Bonchev–Trinajstić information content (AvgIpc) is 2.51. The van der Waals surface area contributed by atoms with Gasteiger partial charge in [0, 0.05) is 26.4 Å². The van der Waals surface area contributed by atoms with Gasteiger partial charge in [-0.2, -0.15) is 0 Å². The number of hydrogen-bond donors (Lipinski definition) is 0. The van der Waals surface area contributed by atoms with E-state index in [1.165, 1.54) is 32.1 Å². The highest BCUT2D eigenvalue weighted by atomic mass is 16.5. The Bertz CT molecular complexity index is 201. The van der Waals surface area contributed by atoms with E-state index in [-0.39, 0.29) is 0 Å². The lowest BCUT2D eigenvalue weighted by atomic mass is 9.73. The van der Waals surface area contributed by atoms with Crippen molar-refractivity contribution < 1.29 is 9.47 Å². The Morgan fingerprint density at radius 1 is 0.950 bits per heavy atom. The normalized spacial score (nSPS) is 22.4. The molecule has 122 valence electrons. The third-order valence-corrected chi connectivity index (χ3v) is 4.95. The van der Waals surface area contributed by atoms with Crippen molar-refractivity contribution in [2.45, 2.75) is 73.6 Å². The number of hydrogen-bond acceptors (Lipinski definition) is 2. The molecule has 0 aromatic rings. The molecule has 0 atom stereocenters. The molecule has 0 amide bonds. The van der Waals surface area contributed by atoms with Crippen LogP contribution in [0, 0.1) is 17.3 Å². The molecule has 2 heteroatoms. The van der Waals surface area contributed by atoms with Gasteiger partial charge in [-0.25, -0.2) is 0 Å². The summed E-state index contributed by atoms with van der Waals surface area (Å²) in [5.41, 5.74) is 0.554. The minimum Gasteiger partial charge on any atom is -0.381 e. The van der Waals surface area contributed by atoms with Crippen LogP contribution in [0.25, 0.3) is 0 Å². The van der Waals surface area contributed by atoms with Gasteiger partial charge in [-0.15, -0.1) is 0 Å². The Kier molecular flexibility index (Phi) is 11.5. The van der Waals surface area contributed by atoms with Crippen LogP contribution in [0.2, 0.25) is 0 Å².